The van der Waals surface area contributed by atoms with Gasteiger partial charge in [0.1, 0.15) is 63.3 Å². The molecule has 106 heavy (non-hydrogen) atoms. The molecule has 2 aliphatic rings. The van der Waals surface area contributed by atoms with Crippen LogP contribution < -0.4 is 55.3 Å². The third-order valence-electron chi connectivity index (χ3n) is 17.5. The van der Waals surface area contributed by atoms with Gasteiger partial charge in [-0.3, -0.25) is 62.9 Å². The van der Waals surface area contributed by atoms with E-state index in [-0.39, 0.29) is 93.3 Å². The number of H-pyrrole nitrogens is 9. The SMILES string of the molecule is CC(C)(CCn1cnc2c(=O)[nH]c(N)nc21)CCP(=O)(O)O.Nc1nc2c(CN3CC(O)C(CO)C3)c[nH]c2c(=O)[nH]1.Nc1nc2c([C@@H](CO)c3ccccc3F)c[nH]c2c(=O)[nH]1.Nc1nc2c([nH]c[n+]2Cc2ccccc2/C=C/P(=O)(O)O)c(=O)[nH]1.O=c1[nH]cnc2c([C@@H]3O[C@H](CO)[C@@H](O)[C@H]3O)c[nH]c12. The van der Waals surface area contributed by atoms with E-state index in [4.69, 9.17) is 57.5 Å². The lowest BCUT2D eigenvalue weighted by molar-refractivity contribution is -0.664. The molecule has 564 valence electrons. The predicted octanol–water partition coefficient (Wildman–Crippen LogP) is -0.876. The van der Waals surface area contributed by atoms with Crippen LogP contribution in [0.25, 0.3) is 61.5 Å². The predicted molar refractivity (Wildman–Crippen MR) is 383 cm³/mol. The van der Waals surface area contributed by atoms with Crippen LogP contribution >= 0.6 is 15.2 Å². The summed E-state index contributed by atoms with van der Waals surface area (Å²) in [5, 5.41) is 57.3. The number of aromatic nitrogens is 17. The first-order chi connectivity index (χ1) is 50.2. The summed E-state index contributed by atoms with van der Waals surface area (Å²) in [5.41, 5.74) is 27.3. The van der Waals surface area contributed by atoms with Crippen LogP contribution in [0.15, 0.2) is 116 Å². The van der Waals surface area contributed by atoms with E-state index >= 15 is 0 Å². The number of likely N-dealkylation sites (tertiary alicyclic amines) is 1. The molecule has 0 aliphatic carbocycles. The monoisotopic (exact) mass is 1510 g/mol. The van der Waals surface area contributed by atoms with Gasteiger partial charge in [0.25, 0.3) is 33.7 Å². The number of ether oxygens (including phenoxy) is 1. The van der Waals surface area contributed by atoms with Crippen molar-refractivity contribution in [2.75, 3.05) is 62.0 Å². The minimum absolute atomic E-state index is 0.00975. The van der Waals surface area contributed by atoms with E-state index in [0.29, 0.717) is 107 Å². The van der Waals surface area contributed by atoms with Crippen LogP contribution in [0.3, 0.4) is 0 Å². The summed E-state index contributed by atoms with van der Waals surface area (Å²) in [6.07, 6.45) is 6.86. The number of anilines is 4. The van der Waals surface area contributed by atoms with Gasteiger partial charge in [0.15, 0.2) is 17.5 Å². The van der Waals surface area contributed by atoms with Crippen molar-refractivity contribution in [3.63, 3.8) is 0 Å². The molecule has 7 atom stereocenters. The van der Waals surface area contributed by atoms with Crippen molar-refractivity contribution in [1.82, 2.24) is 84.2 Å². The minimum atomic E-state index is -4.24. The molecular weight excluding hydrogens is 1430 g/mol. The van der Waals surface area contributed by atoms with Gasteiger partial charge >= 0.3 is 20.8 Å². The van der Waals surface area contributed by atoms with Crippen LogP contribution in [-0.2, 0) is 33.5 Å². The van der Waals surface area contributed by atoms with Crippen molar-refractivity contribution in [2.45, 2.75) is 82.8 Å². The summed E-state index contributed by atoms with van der Waals surface area (Å²) in [6.45, 7) is 5.66. The Morgan fingerprint density at radius 3 is 1.95 bits per heavy atom. The lowest BCUT2D eigenvalue weighted by atomic mass is 9.86. The number of nitrogen functional groups attached to an aromatic ring is 4. The molecule has 0 spiro atoms. The van der Waals surface area contributed by atoms with Gasteiger partial charge in [-0.15, -0.1) is 0 Å². The van der Waals surface area contributed by atoms with E-state index in [1.165, 1.54) is 31.0 Å². The molecule has 2 unspecified atom stereocenters. The van der Waals surface area contributed by atoms with Gasteiger partial charge in [-0.05, 0) is 47.1 Å². The first-order valence-corrected chi connectivity index (χ1v) is 35.8. The summed E-state index contributed by atoms with van der Waals surface area (Å²) < 4.78 is 44.8. The van der Waals surface area contributed by atoms with E-state index < -0.39 is 69.6 Å². The van der Waals surface area contributed by atoms with Crippen molar-refractivity contribution in [2.24, 2.45) is 11.3 Å². The Balaban J connectivity index is 0.000000142. The number of aryl methyl sites for hydroxylation is 1. The summed E-state index contributed by atoms with van der Waals surface area (Å²) in [4.78, 5) is 144. The van der Waals surface area contributed by atoms with E-state index in [1.807, 2.05) is 30.9 Å². The van der Waals surface area contributed by atoms with Gasteiger partial charge in [0.2, 0.25) is 23.4 Å². The lowest BCUT2D eigenvalue weighted by Crippen LogP contribution is -2.34. The quantitative estimate of drug-likeness (QED) is 0.0366. The van der Waals surface area contributed by atoms with Crippen LogP contribution in [0.2, 0.25) is 0 Å². The highest BCUT2D eigenvalue weighted by Crippen LogP contribution is 2.41. The van der Waals surface area contributed by atoms with Gasteiger partial charge in [-0.1, -0.05) is 61.3 Å². The summed E-state index contributed by atoms with van der Waals surface area (Å²) >= 11 is 0. The number of nitrogens with zero attached hydrogens (tertiary/aromatic N) is 9. The maximum Gasteiger partial charge on any atom is 0.349 e. The largest absolute Gasteiger partial charge is 0.396 e. The molecule has 40 nitrogen and oxygen atoms in total. The second-order valence-corrected chi connectivity index (χ2v) is 28.8. The molecule has 2 saturated heterocycles. The van der Waals surface area contributed by atoms with Crippen LogP contribution in [0.5, 0.6) is 0 Å². The molecule has 2 aromatic carbocycles. The number of aliphatic hydroxyl groups is 6. The Labute approximate surface area is 594 Å². The molecule has 2 fully saturated rings. The molecule has 2 aliphatic heterocycles. The Hall–Kier alpha value is -10.7. The fourth-order valence-corrected chi connectivity index (χ4v) is 13.2. The summed E-state index contributed by atoms with van der Waals surface area (Å²) in [6, 6.07) is 13.3. The van der Waals surface area contributed by atoms with Crippen molar-refractivity contribution in [3.8, 4) is 0 Å². The number of aromatic amines is 9. The molecule has 0 amide bonds. The smallest absolute Gasteiger partial charge is 0.349 e. The highest BCUT2D eigenvalue weighted by Gasteiger charge is 2.44. The van der Waals surface area contributed by atoms with Crippen molar-refractivity contribution in [3.05, 3.63) is 183 Å². The van der Waals surface area contributed by atoms with Crippen LogP contribution in [0.1, 0.15) is 72.1 Å². The highest BCUT2D eigenvalue weighted by atomic mass is 31.2. The lowest BCUT2D eigenvalue weighted by Gasteiger charge is -2.24. The highest BCUT2D eigenvalue weighted by molar-refractivity contribution is 7.55. The zero-order valence-corrected chi connectivity index (χ0v) is 58.2. The minimum Gasteiger partial charge on any atom is -0.396 e. The van der Waals surface area contributed by atoms with E-state index in [0.717, 1.165) is 16.9 Å². The number of hydrogen-bond acceptors (Lipinski definition) is 25. The van der Waals surface area contributed by atoms with Gasteiger partial charge in [0, 0.05) is 85.7 Å². The zero-order chi connectivity index (χ0) is 76.7. The van der Waals surface area contributed by atoms with Crippen LogP contribution in [0, 0.1) is 17.2 Å². The molecular formula is C63H78FN22O18P2+. The zero-order valence-electron chi connectivity index (χ0n) is 56.4. The molecule has 14 rings (SSSR count). The number of hydrogen-bond donors (Lipinski definition) is 23. The van der Waals surface area contributed by atoms with E-state index in [9.17, 15) is 57.9 Å². The molecule has 10 aromatic heterocycles. The number of imidazole rings is 2. The first kappa shape index (κ1) is 77.9. The number of halogens is 1. The molecule has 0 saturated carbocycles. The number of benzene rings is 2. The Morgan fingerprint density at radius 2 is 1.29 bits per heavy atom. The molecule has 0 bridgehead atoms. The number of nitrogens with one attached hydrogen (secondary N) is 9. The van der Waals surface area contributed by atoms with Crippen molar-refractivity contribution in [1.29, 1.82) is 0 Å². The number of fused-ring (bicyclic) bond motifs is 5. The number of rotatable bonds is 18. The summed E-state index contributed by atoms with van der Waals surface area (Å²) in [5.74, 6) is -0.238. The third-order valence-corrected chi connectivity index (χ3v) is 18.9. The number of β-amino-alcohol motifs (C(OH)–C–C–N with tert-alkyl or cyclic N) is 1. The summed E-state index contributed by atoms with van der Waals surface area (Å²) in [7, 11) is -8.23. The van der Waals surface area contributed by atoms with E-state index in [2.05, 4.69) is 74.8 Å². The van der Waals surface area contributed by atoms with E-state index in [1.54, 1.807) is 58.2 Å². The first-order valence-electron chi connectivity index (χ1n) is 32.3. The standard InChI is InChI=1S/C14H13FN4O2.C14H14N5O4P.C12H20N5O4P.C12H17N5O3.C11H13N3O5/c15-10-4-2-1-3-7(10)9(6-20)8-5-17-12-11(8)18-14(16)19-13(12)21;15-14-17-12-11(13(20)18-14)16-8-19(12)7-10-4-2-1-3-9(10)5-6-24(21,22)23;1-12(2,4-6-22(19,20)21)3-5-17-7-14-8-9(17)15-11(13)16-10(8)18;13-12-15-9-6(1-14-10(9)11(20)16-12)2-17-3-7(5-18)8(19)4-17;15-2-5-8(16)9(17)10(19-5)4-1-12-7-6(4)13-3-14-11(7)18/h1-5,9,17,20H,6H2,(H3,16,18,19,21);1-6,8H,7H2,(H5,15,17,18,20,21,22,23);7H,3-6H2,1-2H3,(H2,19,20,21)(H3,13,15,16,18);1,7-8,14,18-19H,2-5H2,(H3,13,15,16,20);1,3,5,8-10,12,15-17H,2H2,(H,13,14,18)/p+1/b;6-5+;;;/t9-;;;;5-,8-,9-,10+/m0...1/s1. The Bertz CT molecular complexity index is 5560. The molecule has 43 heteroatoms. The molecule has 12 heterocycles. The fourth-order valence-electron chi connectivity index (χ4n) is 12.0. The molecule has 27 N–H and O–H groups in total. The molecule has 12 aromatic rings. The van der Waals surface area contributed by atoms with Crippen LogP contribution in [-0.4, -0.2) is 198 Å². The van der Waals surface area contributed by atoms with Crippen molar-refractivity contribution >= 4 is 100 Å². The van der Waals surface area contributed by atoms with Crippen LogP contribution in [0.4, 0.5) is 28.2 Å². The Morgan fingerprint density at radius 1 is 0.670 bits per heavy atom. The third kappa shape index (κ3) is 18.5. The Kier molecular flexibility index (Phi) is 24.0. The maximum absolute atomic E-state index is 13.9. The van der Waals surface area contributed by atoms with Gasteiger partial charge in [0.05, 0.1) is 44.7 Å². The van der Waals surface area contributed by atoms with Gasteiger partial charge < -0.3 is 102 Å². The number of nitrogens with two attached hydrogens (primary N) is 4. The topological polar surface area (TPSA) is 667 Å². The fraction of sp³-hybridized carbons (Fsp3) is 0.333. The van der Waals surface area contributed by atoms with Gasteiger partial charge in [-0.2, -0.15) is 4.98 Å². The maximum atomic E-state index is 13.9. The average molecular weight is 1510 g/mol. The average Bonchev–Trinajstić information content (AvgIpc) is 1.64. The normalized spacial score (nSPS) is 18.0. The molecule has 0 radical (unpaired) electrons. The second kappa shape index (κ2) is 32.7. The van der Waals surface area contributed by atoms with Gasteiger partial charge in [-0.25, -0.2) is 28.9 Å². The van der Waals surface area contributed by atoms with Crippen molar-refractivity contribution < 1.29 is 73.0 Å². The second-order valence-electron chi connectivity index (χ2n) is 25.6. The number of aliphatic hydroxyl groups excluding tert-OH is 6.